The molecule has 4 atom stereocenters. The van der Waals surface area contributed by atoms with Crippen molar-refractivity contribution in [1.29, 1.82) is 0 Å². The van der Waals surface area contributed by atoms with Crippen LogP contribution in [0.1, 0.15) is 6.92 Å². The molecule has 2 fully saturated rings. The molecule has 2 aliphatic rings. The number of hydrogen-bond donors (Lipinski definition) is 2. The van der Waals surface area contributed by atoms with Gasteiger partial charge in [-0.05, 0) is 20.0 Å². The van der Waals surface area contributed by atoms with Crippen molar-refractivity contribution in [3.05, 3.63) is 12.7 Å². The topological polar surface area (TPSA) is 62.2 Å². The fourth-order valence-electron chi connectivity index (χ4n) is 2.31. The predicted octanol–water partition coefficient (Wildman–Crippen LogP) is -0.660. The van der Waals surface area contributed by atoms with Crippen LogP contribution in [-0.2, 0) is 9.47 Å². The summed E-state index contributed by atoms with van der Waals surface area (Å²) in [6, 6.07) is 0. The number of hydrogen-bond acceptors (Lipinski definition) is 5. The van der Waals surface area contributed by atoms with Crippen LogP contribution in [0.3, 0.4) is 0 Å². The van der Waals surface area contributed by atoms with Gasteiger partial charge in [0, 0.05) is 13.1 Å². The van der Waals surface area contributed by atoms with E-state index in [9.17, 15) is 10.2 Å². The van der Waals surface area contributed by atoms with Crippen molar-refractivity contribution < 1.29 is 19.7 Å². The standard InChI is InChI=1S/C11H19NO4/c1-4-11(2)15-9-7(13)5-12(3)6-8(14)10(9)16-11/h4,7-10,13-14H,1,5-6H2,2-3H3. The molecule has 0 radical (unpaired) electrons. The third-order valence-corrected chi connectivity index (χ3v) is 3.19. The summed E-state index contributed by atoms with van der Waals surface area (Å²) in [7, 11) is 1.85. The molecule has 0 bridgehead atoms. The van der Waals surface area contributed by atoms with Gasteiger partial charge in [0.2, 0.25) is 0 Å². The molecule has 4 unspecified atom stereocenters. The lowest BCUT2D eigenvalue weighted by molar-refractivity contribution is -0.143. The van der Waals surface area contributed by atoms with E-state index in [0.29, 0.717) is 13.1 Å². The molecular formula is C11H19NO4. The minimum Gasteiger partial charge on any atom is -0.389 e. The number of aliphatic hydroxyl groups is 2. The van der Waals surface area contributed by atoms with E-state index in [4.69, 9.17) is 9.47 Å². The van der Waals surface area contributed by atoms with Crippen molar-refractivity contribution in [2.45, 2.75) is 37.1 Å². The summed E-state index contributed by atoms with van der Waals surface area (Å²) in [4.78, 5) is 1.87. The highest BCUT2D eigenvalue weighted by Gasteiger charge is 2.50. The lowest BCUT2D eigenvalue weighted by Crippen LogP contribution is -2.41. The van der Waals surface area contributed by atoms with Crippen LogP contribution in [0.15, 0.2) is 12.7 Å². The molecule has 2 rings (SSSR count). The Morgan fingerprint density at radius 3 is 2.06 bits per heavy atom. The second-order valence-corrected chi connectivity index (χ2v) is 4.74. The molecule has 2 saturated heterocycles. The summed E-state index contributed by atoms with van der Waals surface area (Å²) >= 11 is 0. The largest absolute Gasteiger partial charge is 0.389 e. The predicted molar refractivity (Wildman–Crippen MR) is 57.9 cm³/mol. The number of rotatable bonds is 1. The summed E-state index contributed by atoms with van der Waals surface area (Å²) in [6.07, 6.45) is -0.765. The summed E-state index contributed by atoms with van der Waals surface area (Å²) in [5.74, 6) is -0.910. The molecule has 2 N–H and O–H groups in total. The van der Waals surface area contributed by atoms with Crippen molar-refractivity contribution in [2.24, 2.45) is 0 Å². The zero-order valence-electron chi connectivity index (χ0n) is 9.67. The maximum absolute atomic E-state index is 9.98. The van der Waals surface area contributed by atoms with Gasteiger partial charge in [0.25, 0.3) is 0 Å². The van der Waals surface area contributed by atoms with Crippen LogP contribution in [0.25, 0.3) is 0 Å². The summed E-state index contributed by atoms with van der Waals surface area (Å²) in [6.45, 7) is 6.31. The van der Waals surface area contributed by atoms with Gasteiger partial charge in [-0.3, -0.25) is 0 Å². The van der Waals surface area contributed by atoms with Gasteiger partial charge in [0.15, 0.2) is 5.79 Å². The molecule has 0 aromatic rings. The van der Waals surface area contributed by atoms with E-state index < -0.39 is 30.2 Å². The molecule has 0 saturated carbocycles. The number of aliphatic hydroxyl groups excluding tert-OH is 2. The average molecular weight is 229 g/mol. The normalized spacial score (nSPS) is 49.8. The number of β-amino-alcohol motifs (C(OH)–C–C–N with tert-alkyl or cyclic N) is 2. The minimum absolute atomic E-state index is 0.467. The fraction of sp³-hybridized carbons (Fsp3) is 0.818. The quantitative estimate of drug-likeness (QED) is 0.584. The van der Waals surface area contributed by atoms with Crippen LogP contribution in [0, 0.1) is 0 Å². The first-order valence-corrected chi connectivity index (χ1v) is 5.49. The smallest absolute Gasteiger partial charge is 0.185 e. The zero-order valence-corrected chi connectivity index (χ0v) is 9.67. The molecular weight excluding hydrogens is 210 g/mol. The van der Waals surface area contributed by atoms with E-state index in [1.54, 1.807) is 13.0 Å². The second kappa shape index (κ2) is 4.09. The van der Waals surface area contributed by atoms with Crippen LogP contribution in [-0.4, -0.2) is 65.5 Å². The van der Waals surface area contributed by atoms with E-state index in [0.717, 1.165) is 0 Å². The number of likely N-dealkylation sites (tertiary alicyclic amines) is 1. The number of ether oxygens (including phenoxy) is 2. The Balaban J connectivity index is 2.20. The number of likely N-dealkylation sites (N-methyl/N-ethyl adjacent to an activating group) is 1. The minimum atomic E-state index is -0.910. The van der Waals surface area contributed by atoms with Gasteiger partial charge >= 0.3 is 0 Å². The van der Waals surface area contributed by atoms with Gasteiger partial charge in [-0.1, -0.05) is 6.58 Å². The Bertz CT molecular complexity index is 263. The molecule has 5 nitrogen and oxygen atoms in total. The van der Waals surface area contributed by atoms with Crippen molar-refractivity contribution in [3.63, 3.8) is 0 Å². The third-order valence-electron chi connectivity index (χ3n) is 3.19. The maximum atomic E-state index is 9.98. The second-order valence-electron chi connectivity index (χ2n) is 4.74. The number of fused-ring (bicyclic) bond motifs is 1. The van der Waals surface area contributed by atoms with E-state index in [1.807, 2.05) is 11.9 Å². The molecule has 0 aromatic heterocycles. The van der Waals surface area contributed by atoms with Gasteiger partial charge in [0.05, 0.1) is 12.2 Å². The van der Waals surface area contributed by atoms with Gasteiger partial charge in [-0.25, -0.2) is 0 Å². The molecule has 2 heterocycles. The monoisotopic (exact) mass is 229 g/mol. The first kappa shape index (κ1) is 12.0. The van der Waals surface area contributed by atoms with Gasteiger partial charge in [-0.15, -0.1) is 0 Å². The third kappa shape index (κ3) is 2.01. The van der Waals surface area contributed by atoms with Gasteiger partial charge < -0.3 is 24.6 Å². The van der Waals surface area contributed by atoms with Crippen LogP contribution in [0.5, 0.6) is 0 Å². The summed E-state index contributed by atoms with van der Waals surface area (Å²) in [5, 5.41) is 20.0. The maximum Gasteiger partial charge on any atom is 0.185 e. The Morgan fingerprint density at radius 2 is 1.69 bits per heavy atom. The lowest BCUT2D eigenvalue weighted by atomic mass is 10.1. The SMILES string of the molecule is C=CC1(C)OC2C(O)CN(C)CC(O)C2O1. The first-order chi connectivity index (χ1) is 7.45. The van der Waals surface area contributed by atoms with E-state index in [-0.39, 0.29) is 0 Å². The molecule has 92 valence electrons. The average Bonchev–Trinajstić information content (AvgIpc) is 2.53. The van der Waals surface area contributed by atoms with Crippen molar-refractivity contribution >= 4 is 0 Å². The molecule has 0 aromatic carbocycles. The highest BCUT2D eigenvalue weighted by atomic mass is 16.8. The zero-order chi connectivity index (χ0) is 11.9. The first-order valence-electron chi connectivity index (χ1n) is 5.49. The Kier molecular flexibility index (Phi) is 3.07. The molecule has 0 amide bonds. The fourth-order valence-corrected chi connectivity index (χ4v) is 2.31. The van der Waals surface area contributed by atoms with E-state index in [1.165, 1.54) is 0 Å². The number of nitrogens with zero attached hydrogens (tertiary/aromatic N) is 1. The van der Waals surface area contributed by atoms with Crippen LogP contribution >= 0.6 is 0 Å². The summed E-state index contributed by atoms with van der Waals surface area (Å²) < 4.78 is 11.3. The van der Waals surface area contributed by atoms with Crippen LogP contribution in [0.4, 0.5) is 0 Å². The van der Waals surface area contributed by atoms with Crippen molar-refractivity contribution in [3.8, 4) is 0 Å². The van der Waals surface area contributed by atoms with Crippen molar-refractivity contribution in [2.75, 3.05) is 20.1 Å². The van der Waals surface area contributed by atoms with Gasteiger partial charge in [-0.2, -0.15) is 0 Å². The lowest BCUT2D eigenvalue weighted by Gasteiger charge is -2.23. The Labute approximate surface area is 95.3 Å². The van der Waals surface area contributed by atoms with E-state index in [2.05, 4.69) is 6.58 Å². The highest BCUT2D eigenvalue weighted by Crippen LogP contribution is 2.34. The molecule has 0 spiro atoms. The van der Waals surface area contributed by atoms with Gasteiger partial charge in [0.1, 0.15) is 12.2 Å². The molecule has 0 aliphatic carbocycles. The van der Waals surface area contributed by atoms with Crippen LogP contribution < -0.4 is 0 Å². The highest BCUT2D eigenvalue weighted by molar-refractivity contribution is 5.00. The Hall–Kier alpha value is -0.460. The summed E-state index contributed by atoms with van der Waals surface area (Å²) in [5.41, 5.74) is 0. The van der Waals surface area contributed by atoms with E-state index >= 15 is 0 Å². The molecule has 5 heteroatoms. The van der Waals surface area contributed by atoms with Crippen LogP contribution in [0.2, 0.25) is 0 Å². The Morgan fingerprint density at radius 1 is 1.25 bits per heavy atom. The van der Waals surface area contributed by atoms with Crippen molar-refractivity contribution in [1.82, 2.24) is 4.90 Å². The molecule has 2 aliphatic heterocycles. The molecule has 16 heavy (non-hydrogen) atoms.